The predicted octanol–water partition coefficient (Wildman–Crippen LogP) is 2.44. The largest absolute Gasteiger partial charge is 0.497 e. The zero-order chi connectivity index (χ0) is 10.8. The van der Waals surface area contributed by atoms with Gasteiger partial charge in [0.05, 0.1) is 19.9 Å². The number of methoxy groups -OCH3 is 2. The van der Waals surface area contributed by atoms with Gasteiger partial charge in [-0.1, -0.05) is 6.07 Å². The van der Waals surface area contributed by atoms with Gasteiger partial charge in [0.2, 0.25) is 0 Å². The minimum Gasteiger partial charge on any atom is -0.497 e. The van der Waals surface area contributed by atoms with Gasteiger partial charge in [-0.05, 0) is 35.0 Å². The van der Waals surface area contributed by atoms with Crippen molar-refractivity contribution in [1.82, 2.24) is 0 Å². The zero-order valence-corrected chi connectivity index (χ0v) is 8.78. The van der Waals surface area contributed by atoms with E-state index in [0.29, 0.717) is 11.4 Å². The molecular formula is C12H13NO2. The van der Waals surface area contributed by atoms with E-state index in [4.69, 9.17) is 15.2 Å². The lowest BCUT2D eigenvalue weighted by atomic mass is 10.1. The molecule has 2 N–H and O–H groups in total. The molecule has 0 saturated carbocycles. The Kier molecular flexibility index (Phi) is 2.37. The number of hydrogen-bond donors (Lipinski definition) is 1. The second-order valence-electron chi connectivity index (χ2n) is 3.31. The van der Waals surface area contributed by atoms with Crippen molar-refractivity contribution in [2.24, 2.45) is 0 Å². The van der Waals surface area contributed by atoms with Crippen LogP contribution in [0.3, 0.4) is 0 Å². The molecule has 2 aromatic rings. The zero-order valence-electron chi connectivity index (χ0n) is 8.78. The number of rotatable bonds is 2. The molecule has 3 heteroatoms. The van der Waals surface area contributed by atoms with Gasteiger partial charge in [-0.2, -0.15) is 0 Å². The van der Waals surface area contributed by atoms with E-state index in [9.17, 15) is 0 Å². The quantitative estimate of drug-likeness (QED) is 0.762. The molecule has 0 amide bonds. The van der Waals surface area contributed by atoms with Crippen LogP contribution >= 0.6 is 0 Å². The van der Waals surface area contributed by atoms with Crippen molar-refractivity contribution in [1.29, 1.82) is 0 Å². The summed E-state index contributed by atoms with van der Waals surface area (Å²) in [6, 6.07) is 9.65. The molecule has 0 aliphatic carbocycles. The van der Waals surface area contributed by atoms with Gasteiger partial charge in [0.1, 0.15) is 11.5 Å². The molecule has 78 valence electrons. The SMILES string of the molecule is COc1ccc2cc(OC)c(N)cc2c1. The van der Waals surface area contributed by atoms with Crippen LogP contribution < -0.4 is 15.2 Å². The number of hydrogen-bond acceptors (Lipinski definition) is 3. The summed E-state index contributed by atoms with van der Waals surface area (Å²) in [4.78, 5) is 0. The van der Waals surface area contributed by atoms with E-state index in [2.05, 4.69) is 0 Å². The summed E-state index contributed by atoms with van der Waals surface area (Å²) in [6.45, 7) is 0. The van der Waals surface area contributed by atoms with Gasteiger partial charge >= 0.3 is 0 Å². The number of nitrogens with two attached hydrogens (primary N) is 1. The van der Waals surface area contributed by atoms with Gasteiger partial charge in [-0.3, -0.25) is 0 Å². The maximum Gasteiger partial charge on any atom is 0.142 e. The Bertz CT molecular complexity index is 494. The molecule has 15 heavy (non-hydrogen) atoms. The lowest BCUT2D eigenvalue weighted by Crippen LogP contribution is -1.92. The molecule has 0 radical (unpaired) electrons. The van der Waals surface area contributed by atoms with Gasteiger partial charge in [0.25, 0.3) is 0 Å². The van der Waals surface area contributed by atoms with Crippen LogP contribution in [0.4, 0.5) is 5.69 Å². The normalized spacial score (nSPS) is 10.3. The van der Waals surface area contributed by atoms with Crippen LogP contribution in [0.5, 0.6) is 11.5 Å². The molecule has 0 unspecified atom stereocenters. The monoisotopic (exact) mass is 203 g/mol. The summed E-state index contributed by atoms with van der Waals surface area (Å²) in [7, 11) is 3.26. The maximum atomic E-state index is 5.82. The first kappa shape index (κ1) is 9.65. The third-order valence-electron chi connectivity index (χ3n) is 2.40. The Balaban J connectivity index is 2.65. The van der Waals surface area contributed by atoms with Crippen molar-refractivity contribution in [3.63, 3.8) is 0 Å². The lowest BCUT2D eigenvalue weighted by Gasteiger charge is -2.07. The highest BCUT2D eigenvalue weighted by Gasteiger charge is 2.02. The van der Waals surface area contributed by atoms with E-state index in [-0.39, 0.29) is 0 Å². The number of anilines is 1. The summed E-state index contributed by atoms with van der Waals surface area (Å²) in [6.07, 6.45) is 0. The minimum atomic E-state index is 0.637. The van der Waals surface area contributed by atoms with E-state index in [1.54, 1.807) is 14.2 Å². The summed E-state index contributed by atoms with van der Waals surface area (Å²) in [5, 5.41) is 2.13. The predicted molar refractivity (Wildman–Crippen MR) is 61.5 cm³/mol. The number of fused-ring (bicyclic) bond motifs is 1. The molecule has 0 bridgehead atoms. The minimum absolute atomic E-state index is 0.637. The highest BCUT2D eigenvalue weighted by molar-refractivity contribution is 5.89. The highest BCUT2D eigenvalue weighted by Crippen LogP contribution is 2.29. The smallest absolute Gasteiger partial charge is 0.142 e. The molecule has 0 aliphatic rings. The van der Waals surface area contributed by atoms with Crippen LogP contribution in [0.1, 0.15) is 0 Å². The van der Waals surface area contributed by atoms with Gasteiger partial charge in [-0.15, -0.1) is 0 Å². The Morgan fingerprint density at radius 1 is 0.933 bits per heavy atom. The second-order valence-corrected chi connectivity index (χ2v) is 3.31. The van der Waals surface area contributed by atoms with Gasteiger partial charge in [0.15, 0.2) is 0 Å². The van der Waals surface area contributed by atoms with Crippen molar-refractivity contribution in [2.75, 3.05) is 20.0 Å². The van der Waals surface area contributed by atoms with Gasteiger partial charge in [0, 0.05) is 0 Å². The first-order valence-electron chi connectivity index (χ1n) is 4.66. The van der Waals surface area contributed by atoms with Crippen LogP contribution in [0.2, 0.25) is 0 Å². The third-order valence-corrected chi connectivity index (χ3v) is 2.40. The first-order chi connectivity index (χ1) is 7.24. The van der Waals surface area contributed by atoms with Crippen molar-refractivity contribution in [2.45, 2.75) is 0 Å². The fourth-order valence-corrected chi connectivity index (χ4v) is 1.58. The van der Waals surface area contributed by atoms with E-state index in [1.165, 1.54) is 0 Å². The summed E-state index contributed by atoms with van der Waals surface area (Å²) in [5.41, 5.74) is 6.46. The van der Waals surface area contributed by atoms with Crippen LogP contribution in [0, 0.1) is 0 Å². The molecule has 0 atom stereocenters. The highest BCUT2D eigenvalue weighted by atomic mass is 16.5. The Morgan fingerprint density at radius 3 is 2.40 bits per heavy atom. The molecule has 0 fully saturated rings. The lowest BCUT2D eigenvalue weighted by molar-refractivity contribution is 0.415. The standard InChI is InChI=1S/C12H13NO2/c1-14-10-4-3-8-7-12(15-2)11(13)6-9(8)5-10/h3-7H,13H2,1-2H3. The third kappa shape index (κ3) is 1.68. The number of nitrogen functional groups attached to an aromatic ring is 1. The van der Waals surface area contributed by atoms with E-state index >= 15 is 0 Å². The topological polar surface area (TPSA) is 44.5 Å². The fourth-order valence-electron chi connectivity index (χ4n) is 1.58. The van der Waals surface area contributed by atoms with E-state index in [0.717, 1.165) is 16.5 Å². The molecule has 0 aliphatic heterocycles. The fraction of sp³-hybridized carbons (Fsp3) is 0.167. The Hall–Kier alpha value is -1.90. The van der Waals surface area contributed by atoms with Gasteiger partial charge < -0.3 is 15.2 Å². The van der Waals surface area contributed by atoms with Crippen LogP contribution in [0.15, 0.2) is 30.3 Å². The molecule has 2 rings (SSSR count). The van der Waals surface area contributed by atoms with E-state index < -0.39 is 0 Å². The molecular weight excluding hydrogens is 190 g/mol. The first-order valence-corrected chi connectivity index (χ1v) is 4.66. The Labute approximate surface area is 88.4 Å². The van der Waals surface area contributed by atoms with Crippen LogP contribution in [-0.4, -0.2) is 14.2 Å². The molecule has 0 aromatic heterocycles. The summed E-state index contributed by atoms with van der Waals surface area (Å²) < 4.78 is 10.3. The number of benzene rings is 2. The van der Waals surface area contributed by atoms with Crippen molar-refractivity contribution in [3.8, 4) is 11.5 Å². The van der Waals surface area contributed by atoms with Crippen molar-refractivity contribution < 1.29 is 9.47 Å². The van der Waals surface area contributed by atoms with Crippen LogP contribution in [0.25, 0.3) is 10.8 Å². The van der Waals surface area contributed by atoms with Crippen molar-refractivity contribution in [3.05, 3.63) is 30.3 Å². The second kappa shape index (κ2) is 3.69. The van der Waals surface area contributed by atoms with Crippen LogP contribution in [-0.2, 0) is 0 Å². The summed E-state index contributed by atoms with van der Waals surface area (Å²) in [5.74, 6) is 1.53. The molecule has 0 saturated heterocycles. The van der Waals surface area contributed by atoms with Crippen molar-refractivity contribution >= 4 is 16.5 Å². The Morgan fingerprint density at radius 2 is 1.73 bits per heavy atom. The molecule has 3 nitrogen and oxygen atoms in total. The summed E-state index contributed by atoms with van der Waals surface area (Å²) >= 11 is 0. The average Bonchev–Trinajstić information content (AvgIpc) is 2.27. The average molecular weight is 203 g/mol. The molecule has 0 spiro atoms. The van der Waals surface area contributed by atoms with E-state index in [1.807, 2.05) is 30.3 Å². The maximum absolute atomic E-state index is 5.82. The molecule has 0 heterocycles. The number of ether oxygens (including phenoxy) is 2. The van der Waals surface area contributed by atoms with Gasteiger partial charge in [-0.25, -0.2) is 0 Å². The molecule has 2 aromatic carbocycles.